The quantitative estimate of drug-likeness (QED) is 0.734. The van der Waals surface area contributed by atoms with Crippen LogP contribution < -0.4 is 4.74 Å². The zero-order chi connectivity index (χ0) is 9.84. The molecule has 68 valence electrons. The van der Waals surface area contributed by atoms with Crippen molar-refractivity contribution in [3.8, 4) is 11.8 Å². The molecular formula is C9H7ClFNO. The van der Waals surface area contributed by atoms with Crippen LogP contribution in [0.25, 0.3) is 0 Å². The van der Waals surface area contributed by atoms with Gasteiger partial charge in [0.05, 0.1) is 24.6 Å². The van der Waals surface area contributed by atoms with E-state index in [1.165, 1.54) is 13.2 Å². The van der Waals surface area contributed by atoms with E-state index in [-0.39, 0.29) is 11.4 Å². The number of benzene rings is 1. The number of rotatable bonds is 2. The van der Waals surface area contributed by atoms with Gasteiger partial charge in [0, 0.05) is 11.6 Å². The first-order valence-corrected chi connectivity index (χ1v) is 3.95. The standard InChI is InChI=1S/C9H7ClFNO/c1-13-9-5-6(11)4-8(10)7(9)2-3-12/h4-5H,2H2,1H3. The van der Waals surface area contributed by atoms with Crippen molar-refractivity contribution in [3.05, 3.63) is 28.5 Å². The van der Waals surface area contributed by atoms with E-state index in [0.717, 1.165) is 6.07 Å². The second-order valence-electron chi connectivity index (χ2n) is 2.40. The molecule has 0 amide bonds. The van der Waals surface area contributed by atoms with Gasteiger partial charge in [-0.3, -0.25) is 0 Å². The highest BCUT2D eigenvalue weighted by molar-refractivity contribution is 6.31. The molecule has 0 radical (unpaired) electrons. The van der Waals surface area contributed by atoms with Crippen LogP contribution in [0, 0.1) is 17.1 Å². The van der Waals surface area contributed by atoms with Gasteiger partial charge < -0.3 is 4.74 Å². The Kier molecular flexibility index (Phi) is 3.10. The molecule has 0 heterocycles. The van der Waals surface area contributed by atoms with Gasteiger partial charge in [-0.15, -0.1) is 0 Å². The Bertz CT molecular complexity index is 359. The summed E-state index contributed by atoms with van der Waals surface area (Å²) in [5, 5.41) is 8.70. The van der Waals surface area contributed by atoms with Crippen molar-refractivity contribution < 1.29 is 9.13 Å². The van der Waals surface area contributed by atoms with E-state index >= 15 is 0 Å². The van der Waals surface area contributed by atoms with Crippen LogP contribution in [0.5, 0.6) is 5.75 Å². The summed E-state index contributed by atoms with van der Waals surface area (Å²) in [5.74, 6) is -0.157. The second-order valence-corrected chi connectivity index (χ2v) is 2.81. The van der Waals surface area contributed by atoms with Gasteiger partial charge in [0.15, 0.2) is 0 Å². The molecule has 0 saturated carbocycles. The van der Waals surface area contributed by atoms with Crippen LogP contribution in [0.3, 0.4) is 0 Å². The first-order valence-electron chi connectivity index (χ1n) is 3.58. The van der Waals surface area contributed by atoms with Crippen molar-refractivity contribution in [2.24, 2.45) is 0 Å². The molecule has 1 aromatic rings. The van der Waals surface area contributed by atoms with E-state index in [4.69, 9.17) is 21.6 Å². The van der Waals surface area contributed by atoms with Crippen molar-refractivity contribution in [3.63, 3.8) is 0 Å². The number of hydrogen-bond donors (Lipinski definition) is 0. The summed E-state index contributed by atoms with van der Waals surface area (Å²) in [6.07, 6.45) is 0.113. The van der Waals surface area contributed by atoms with Crippen LogP contribution in [0.1, 0.15) is 5.56 Å². The van der Waals surface area contributed by atoms with Crippen molar-refractivity contribution in [2.75, 3.05) is 7.11 Å². The van der Waals surface area contributed by atoms with Gasteiger partial charge in [-0.2, -0.15) is 5.26 Å². The molecule has 0 unspecified atom stereocenters. The maximum atomic E-state index is 12.8. The SMILES string of the molecule is COc1cc(F)cc(Cl)c1CC#N. The maximum Gasteiger partial charge on any atom is 0.128 e. The fourth-order valence-corrected chi connectivity index (χ4v) is 1.28. The Labute approximate surface area is 80.5 Å². The topological polar surface area (TPSA) is 33.0 Å². The Morgan fingerprint density at radius 2 is 2.31 bits per heavy atom. The van der Waals surface area contributed by atoms with Gasteiger partial charge in [-0.1, -0.05) is 11.6 Å². The van der Waals surface area contributed by atoms with Gasteiger partial charge in [-0.25, -0.2) is 4.39 Å². The van der Waals surface area contributed by atoms with E-state index in [9.17, 15) is 4.39 Å². The Morgan fingerprint density at radius 3 is 2.85 bits per heavy atom. The summed E-state index contributed by atoms with van der Waals surface area (Å²) in [4.78, 5) is 0. The number of methoxy groups -OCH3 is 1. The largest absolute Gasteiger partial charge is 0.496 e. The predicted molar refractivity (Wildman–Crippen MR) is 47.3 cm³/mol. The molecule has 13 heavy (non-hydrogen) atoms. The second kappa shape index (κ2) is 4.11. The summed E-state index contributed by atoms with van der Waals surface area (Å²) in [7, 11) is 1.41. The molecule has 0 bridgehead atoms. The highest BCUT2D eigenvalue weighted by Gasteiger charge is 2.09. The minimum Gasteiger partial charge on any atom is -0.496 e. The fraction of sp³-hybridized carbons (Fsp3) is 0.222. The van der Waals surface area contributed by atoms with Crippen LogP contribution in [-0.2, 0) is 6.42 Å². The van der Waals surface area contributed by atoms with Gasteiger partial charge in [0.1, 0.15) is 11.6 Å². The third kappa shape index (κ3) is 2.10. The summed E-state index contributed by atoms with van der Waals surface area (Å²) in [5.41, 5.74) is 0.521. The molecule has 2 nitrogen and oxygen atoms in total. The van der Waals surface area contributed by atoms with E-state index in [2.05, 4.69) is 0 Å². The van der Waals surface area contributed by atoms with Gasteiger partial charge >= 0.3 is 0 Å². The van der Waals surface area contributed by atoms with Gasteiger partial charge in [0.25, 0.3) is 0 Å². The fourth-order valence-electron chi connectivity index (χ4n) is 1.01. The van der Waals surface area contributed by atoms with Crippen LogP contribution in [-0.4, -0.2) is 7.11 Å². The first kappa shape index (κ1) is 9.82. The molecule has 0 aliphatic carbocycles. The average Bonchev–Trinajstić information content (AvgIpc) is 2.09. The smallest absolute Gasteiger partial charge is 0.128 e. The average molecular weight is 200 g/mol. The molecule has 0 aromatic heterocycles. The number of nitriles is 1. The lowest BCUT2D eigenvalue weighted by Gasteiger charge is -2.07. The van der Waals surface area contributed by atoms with Crippen molar-refractivity contribution >= 4 is 11.6 Å². The lowest BCUT2D eigenvalue weighted by Crippen LogP contribution is -1.93. The summed E-state index contributed by atoms with van der Waals surface area (Å²) in [6, 6.07) is 4.30. The van der Waals surface area contributed by atoms with Crippen molar-refractivity contribution in [1.82, 2.24) is 0 Å². The molecule has 0 aliphatic rings. The number of halogens is 2. The third-order valence-corrected chi connectivity index (χ3v) is 1.93. The Hall–Kier alpha value is -1.27. The Morgan fingerprint density at radius 1 is 1.62 bits per heavy atom. The van der Waals surface area contributed by atoms with Crippen molar-refractivity contribution in [2.45, 2.75) is 6.42 Å². The zero-order valence-electron chi connectivity index (χ0n) is 6.97. The number of ether oxygens (including phenoxy) is 1. The Balaban J connectivity index is 3.23. The van der Waals surface area contributed by atoms with Crippen LogP contribution in [0.15, 0.2) is 12.1 Å². The summed E-state index contributed by atoms with van der Waals surface area (Å²) in [6.45, 7) is 0. The van der Waals surface area contributed by atoms with E-state index in [1.54, 1.807) is 0 Å². The molecule has 0 atom stereocenters. The van der Waals surface area contributed by atoms with Crippen LogP contribution in [0.2, 0.25) is 5.02 Å². The molecule has 0 aliphatic heterocycles. The summed E-state index contributed by atoms with van der Waals surface area (Å²) >= 11 is 5.72. The van der Waals surface area contributed by atoms with E-state index in [0.29, 0.717) is 11.3 Å². The van der Waals surface area contributed by atoms with Gasteiger partial charge in [-0.05, 0) is 6.07 Å². The molecule has 1 rings (SSSR count). The molecule has 0 spiro atoms. The number of nitrogens with zero attached hydrogens (tertiary/aromatic N) is 1. The minimum atomic E-state index is -0.469. The molecule has 0 N–H and O–H groups in total. The van der Waals surface area contributed by atoms with Gasteiger partial charge in [0.2, 0.25) is 0 Å². The molecular weight excluding hydrogens is 193 g/mol. The lowest BCUT2D eigenvalue weighted by molar-refractivity contribution is 0.407. The summed E-state index contributed by atoms with van der Waals surface area (Å²) < 4.78 is 17.7. The lowest BCUT2D eigenvalue weighted by atomic mass is 10.1. The normalized spacial score (nSPS) is 9.38. The van der Waals surface area contributed by atoms with E-state index in [1.807, 2.05) is 6.07 Å². The molecule has 1 aromatic carbocycles. The maximum absolute atomic E-state index is 12.8. The predicted octanol–water partition coefficient (Wildman–Crippen LogP) is 2.55. The molecule has 0 saturated heterocycles. The molecule has 4 heteroatoms. The number of hydrogen-bond acceptors (Lipinski definition) is 2. The third-order valence-electron chi connectivity index (χ3n) is 1.60. The zero-order valence-corrected chi connectivity index (χ0v) is 7.73. The monoisotopic (exact) mass is 199 g/mol. The van der Waals surface area contributed by atoms with Crippen molar-refractivity contribution in [1.29, 1.82) is 5.26 Å². The van der Waals surface area contributed by atoms with E-state index < -0.39 is 5.82 Å². The van der Waals surface area contributed by atoms with Crippen LogP contribution in [0.4, 0.5) is 4.39 Å². The minimum absolute atomic E-state index is 0.113. The molecule has 0 fully saturated rings. The van der Waals surface area contributed by atoms with Crippen LogP contribution >= 0.6 is 11.6 Å². The first-order chi connectivity index (χ1) is 6.19. The highest BCUT2D eigenvalue weighted by atomic mass is 35.5. The highest BCUT2D eigenvalue weighted by Crippen LogP contribution is 2.28.